The summed E-state index contributed by atoms with van der Waals surface area (Å²) in [6.07, 6.45) is 0. The van der Waals surface area contributed by atoms with Gasteiger partial charge in [-0.15, -0.1) is 0 Å². The van der Waals surface area contributed by atoms with Gasteiger partial charge < -0.3 is 10.8 Å². The van der Waals surface area contributed by atoms with Crippen molar-refractivity contribution in [3.8, 4) is 0 Å². The number of carbonyl (C=O) groups excluding carboxylic acids is 1. The van der Waals surface area contributed by atoms with Crippen molar-refractivity contribution in [3.63, 3.8) is 0 Å². The van der Waals surface area contributed by atoms with Crippen LogP contribution in [0.5, 0.6) is 0 Å². The summed E-state index contributed by atoms with van der Waals surface area (Å²) < 4.78 is 0. The highest BCUT2D eigenvalue weighted by Gasteiger charge is 2.18. The Morgan fingerprint density at radius 3 is 2.12 bits per heavy atom. The lowest BCUT2D eigenvalue weighted by molar-refractivity contribution is -0.134. The number of nitrogens with two attached hydrogens (primary N) is 1. The van der Waals surface area contributed by atoms with Crippen molar-refractivity contribution in [3.05, 3.63) is 40.4 Å². The van der Waals surface area contributed by atoms with Gasteiger partial charge >= 0.3 is 5.97 Å². The molecule has 1 aromatic rings. The molecule has 0 heterocycles. The largest absolute Gasteiger partial charge is 0.477 e. The Labute approximate surface area is 97.3 Å². The average molecular weight is 240 g/mol. The van der Waals surface area contributed by atoms with Gasteiger partial charge in [0.25, 0.3) is 0 Å². The molecule has 0 amide bonds. The number of halogens is 1. The van der Waals surface area contributed by atoms with Crippen molar-refractivity contribution < 1.29 is 14.7 Å². The molecule has 0 saturated carbocycles. The Hall–Kier alpha value is -1.81. The van der Waals surface area contributed by atoms with Gasteiger partial charge in [0.15, 0.2) is 5.78 Å². The van der Waals surface area contributed by atoms with Gasteiger partial charge in [0.2, 0.25) is 0 Å². The molecule has 0 fully saturated rings. The summed E-state index contributed by atoms with van der Waals surface area (Å²) in [7, 11) is 0. The van der Waals surface area contributed by atoms with E-state index in [1.807, 2.05) is 0 Å². The standard InChI is InChI=1S/C11H10ClNO3/c1-6(14)9(11(15)16)10(13)7-2-4-8(12)5-3-7/h2-5H,13H2,1H3,(H,15,16). The summed E-state index contributed by atoms with van der Waals surface area (Å²) in [4.78, 5) is 22.0. The van der Waals surface area contributed by atoms with Crippen LogP contribution in [0.4, 0.5) is 0 Å². The minimum absolute atomic E-state index is 0.0586. The van der Waals surface area contributed by atoms with E-state index in [2.05, 4.69) is 0 Å². The molecule has 5 heteroatoms. The van der Waals surface area contributed by atoms with Crippen molar-refractivity contribution in [1.29, 1.82) is 0 Å². The van der Waals surface area contributed by atoms with Gasteiger partial charge in [0.05, 0.1) is 5.70 Å². The Kier molecular flexibility index (Phi) is 3.68. The number of carboxylic acids is 1. The van der Waals surface area contributed by atoms with Gasteiger partial charge in [-0.3, -0.25) is 4.79 Å². The van der Waals surface area contributed by atoms with Crippen LogP contribution in [0.3, 0.4) is 0 Å². The molecule has 0 aliphatic heterocycles. The van der Waals surface area contributed by atoms with Crippen molar-refractivity contribution in [2.24, 2.45) is 5.73 Å². The minimum Gasteiger partial charge on any atom is -0.477 e. The first-order valence-electron chi connectivity index (χ1n) is 4.43. The number of rotatable bonds is 3. The van der Waals surface area contributed by atoms with Crippen LogP contribution >= 0.6 is 11.6 Å². The van der Waals surface area contributed by atoms with E-state index in [1.165, 1.54) is 0 Å². The van der Waals surface area contributed by atoms with Crippen molar-refractivity contribution >= 4 is 29.1 Å². The summed E-state index contributed by atoms with van der Waals surface area (Å²) >= 11 is 5.68. The van der Waals surface area contributed by atoms with Gasteiger partial charge in [-0.25, -0.2) is 4.79 Å². The predicted molar refractivity (Wildman–Crippen MR) is 60.9 cm³/mol. The molecule has 0 unspecified atom stereocenters. The first-order chi connectivity index (χ1) is 7.43. The molecular formula is C11H10ClNO3. The number of hydrogen-bond acceptors (Lipinski definition) is 3. The predicted octanol–water partition coefficient (Wildman–Crippen LogP) is 1.68. The molecule has 0 radical (unpaired) electrons. The molecule has 3 N–H and O–H groups in total. The third-order valence-electron chi connectivity index (χ3n) is 1.99. The highest BCUT2D eigenvalue weighted by molar-refractivity contribution is 6.30. The SMILES string of the molecule is CC(=O)C(C(=O)O)=C(N)c1ccc(Cl)cc1. The van der Waals surface area contributed by atoms with Crippen LogP contribution in [0, 0.1) is 0 Å². The molecule has 4 nitrogen and oxygen atoms in total. The third kappa shape index (κ3) is 2.61. The van der Waals surface area contributed by atoms with Crippen LogP contribution in [-0.2, 0) is 9.59 Å². The van der Waals surface area contributed by atoms with Crippen molar-refractivity contribution in [1.82, 2.24) is 0 Å². The maximum atomic E-state index is 11.1. The molecule has 0 atom stereocenters. The molecule has 0 bridgehead atoms. The lowest BCUT2D eigenvalue weighted by Crippen LogP contribution is -2.15. The quantitative estimate of drug-likeness (QED) is 0.478. The molecule has 1 rings (SSSR count). The summed E-state index contributed by atoms with van der Waals surface area (Å²) in [6.45, 7) is 1.16. The maximum absolute atomic E-state index is 11.1. The Balaban J connectivity index is 3.29. The molecule has 0 spiro atoms. The fourth-order valence-electron chi connectivity index (χ4n) is 1.23. The number of ketones is 1. The number of Topliss-reactive ketones (excluding diaryl/α,β-unsaturated/α-hetero) is 1. The zero-order valence-electron chi connectivity index (χ0n) is 8.53. The Morgan fingerprint density at radius 2 is 1.75 bits per heavy atom. The lowest BCUT2D eigenvalue weighted by atomic mass is 10.0. The topological polar surface area (TPSA) is 80.4 Å². The average Bonchev–Trinajstić information content (AvgIpc) is 2.17. The molecule has 0 aliphatic rings. The molecule has 16 heavy (non-hydrogen) atoms. The van der Waals surface area contributed by atoms with Crippen LogP contribution in [0.2, 0.25) is 5.02 Å². The summed E-state index contributed by atoms with van der Waals surface area (Å²) in [6, 6.07) is 6.26. The summed E-state index contributed by atoms with van der Waals surface area (Å²) in [5, 5.41) is 9.36. The second-order valence-electron chi connectivity index (χ2n) is 3.16. The molecular weight excluding hydrogens is 230 g/mol. The second-order valence-corrected chi connectivity index (χ2v) is 3.59. The number of benzene rings is 1. The third-order valence-corrected chi connectivity index (χ3v) is 2.24. The Morgan fingerprint density at radius 1 is 1.25 bits per heavy atom. The van der Waals surface area contributed by atoms with E-state index < -0.39 is 17.3 Å². The first kappa shape index (κ1) is 12.3. The number of aliphatic carboxylic acids is 1. The highest BCUT2D eigenvalue weighted by Crippen LogP contribution is 2.17. The summed E-state index contributed by atoms with van der Waals surface area (Å²) in [5.41, 5.74) is 5.61. The molecule has 0 aliphatic carbocycles. The van der Waals surface area contributed by atoms with Gasteiger partial charge in [-0.05, 0) is 24.6 Å². The minimum atomic E-state index is -1.33. The normalized spacial score (nSPS) is 11.9. The van der Waals surface area contributed by atoms with E-state index in [4.69, 9.17) is 22.4 Å². The van der Waals surface area contributed by atoms with Crippen LogP contribution in [0.15, 0.2) is 29.8 Å². The van der Waals surface area contributed by atoms with Crippen LogP contribution in [-0.4, -0.2) is 16.9 Å². The van der Waals surface area contributed by atoms with Crippen molar-refractivity contribution in [2.75, 3.05) is 0 Å². The molecule has 1 aromatic carbocycles. The lowest BCUT2D eigenvalue weighted by Gasteiger charge is -2.05. The van der Waals surface area contributed by atoms with Crippen LogP contribution in [0.1, 0.15) is 12.5 Å². The first-order valence-corrected chi connectivity index (χ1v) is 4.81. The van der Waals surface area contributed by atoms with Crippen LogP contribution < -0.4 is 5.73 Å². The van der Waals surface area contributed by atoms with Gasteiger partial charge in [0, 0.05) is 5.02 Å². The zero-order valence-corrected chi connectivity index (χ0v) is 9.28. The molecule has 0 aromatic heterocycles. The second kappa shape index (κ2) is 4.81. The smallest absolute Gasteiger partial charge is 0.341 e. The molecule has 0 saturated heterocycles. The zero-order chi connectivity index (χ0) is 12.3. The van der Waals surface area contributed by atoms with E-state index in [0.717, 1.165) is 6.92 Å². The van der Waals surface area contributed by atoms with Gasteiger partial charge in [-0.1, -0.05) is 23.7 Å². The van der Waals surface area contributed by atoms with E-state index in [1.54, 1.807) is 24.3 Å². The van der Waals surface area contributed by atoms with Gasteiger partial charge in [-0.2, -0.15) is 0 Å². The number of carbonyl (C=O) groups is 2. The fraction of sp³-hybridized carbons (Fsp3) is 0.0909. The van der Waals surface area contributed by atoms with E-state index in [9.17, 15) is 9.59 Å². The maximum Gasteiger partial charge on any atom is 0.341 e. The number of carboxylic acid groups (broad SMARTS) is 1. The Bertz CT molecular complexity index is 447. The van der Waals surface area contributed by atoms with E-state index in [0.29, 0.717) is 10.6 Å². The highest BCUT2D eigenvalue weighted by atomic mass is 35.5. The molecule has 84 valence electrons. The van der Waals surface area contributed by atoms with Crippen molar-refractivity contribution in [2.45, 2.75) is 6.92 Å². The number of hydrogen-bond donors (Lipinski definition) is 2. The van der Waals surface area contributed by atoms with E-state index in [-0.39, 0.29) is 5.70 Å². The van der Waals surface area contributed by atoms with E-state index >= 15 is 0 Å². The van der Waals surface area contributed by atoms with Crippen LogP contribution in [0.25, 0.3) is 5.70 Å². The van der Waals surface area contributed by atoms with Gasteiger partial charge in [0.1, 0.15) is 5.57 Å². The summed E-state index contributed by atoms with van der Waals surface area (Å²) in [5.74, 6) is -1.92. The fourth-order valence-corrected chi connectivity index (χ4v) is 1.36. The monoisotopic (exact) mass is 239 g/mol.